The quantitative estimate of drug-likeness (QED) is 0.186. The number of hydrogen-bond donors (Lipinski definition) is 1. The molecule has 0 radical (unpaired) electrons. The lowest BCUT2D eigenvalue weighted by atomic mass is 10.2. The molecule has 0 bridgehead atoms. The zero-order valence-corrected chi connectivity index (χ0v) is 17.1. The van der Waals surface area contributed by atoms with Gasteiger partial charge in [0.05, 0.1) is 27.3 Å². The summed E-state index contributed by atoms with van der Waals surface area (Å²) in [6, 6.07) is 16.0. The highest BCUT2D eigenvalue weighted by molar-refractivity contribution is 6.36. The van der Waals surface area contributed by atoms with Gasteiger partial charge in [-0.05, 0) is 42.5 Å². The highest BCUT2D eigenvalue weighted by atomic mass is 35.5. The number of ether oxygens (including phenoxy) is 1. The van der Waals surface area contributed by atoms with Crippen molar-refractivity contribution in [2.24, 2.45) is 5.10 Å². The first-order chi connectivity index (χ1) is 14.8. The molecule has 31 heavy (non-hydrogen) atoms. The number of nitrogens with one attached hydrogen (secondary N) is 1. The summed E-state index contributed by atoms with van der Waals surface area (Å²) in [6.45, 7) is 0. The van der Waals surface area contributed by atoms with Gasteiger partial charge in [-0.25, -0.2) is 10.2 Å². The number of rotatable bonds is 6. The zero-order chi connectivity index (χ0) is 22.4. The molecule has 1 amide bonds. The summed E-state index contributed by atoms with van der Waals surface area (Å²) in [4.78, 5) is 34.7. The first-order valence-corrected chi connectivity index (χ1v) is 9.45. The topological polar surface area (TPSA) is 111 Å². The van der Waals surface area contributed by atoms with Crippen LogP contribution < -0.4 is 10.2 Å². The van der Waals surface area contributed by atoms with Crippen molar-refractivity contribution < 1.29 is 19.2 Å². The first kappa shape index (κ1) is 21.9. The van der Waals surface area contributed by atoms with Crippen LogP contribution in [-0.4, -0.2) is 23.0 Å². The highest BCUT2D eigenvalue weighted by Crippen LogP contribution is 2.21. The molecule has 0 saturated heterocycles. The van der Waals surface area contributed by atoms with Crippen molar-refractivity contribution in [1.29, 1.82) is 0 Å². The lowest BCUT2D eigenvalue weighted by Gasteiger charge is -2.07. The summed E-state index contributed by atoms with van der Waals surface area (Å²) in [5, 5.41) is 15.2. The second-order valence-electron chi connectivity index (χ2n) is 6.05. The van der Waals surface area contributed by atoms with Gasteiger partial charge in [0.15, 0.2) is 0 Å². The molecule has 1 N–H and O–H groups in total. The lowest BCUT2D eigenvalue weighted by Crippen LogP contribution is -2.18. The van der Waals surface area contributed by atoms with E-state index in [1.165, 1.54) is 48.7 Å². The van der Waals surface area contributed by atoms with Gasteiger partial charge in [-0.1, -0.05) is 35.3 Å². The van der Waals surface area contributed by atoms with Crippen molar-refractivity contribution in [2.75, 3.05) is 0 Å². The van der Waals surface area contributed by atoms with Crippen molar-refractivity contribution in [3.05, 3.63) is 104 Å². The third-order valence-electron chi connectivity index (χ3n) is 3.98. The Bertz CT molecular complexity index is 1180. The minimum absolute atomic E-state index is 0.138. The largest absolute Gasteiger partial charge is 0.422 e. The van der Waals surface area contributed by atoms with E-state index in [4.69, 9.17) is 27.9 Å². The maximum absolute atomic E-state index is 12.3. The summed E-state index contributed by atoms with van der Waals surface area (Å²) < 4.78 is 5.36. The Labute approximate surface area is 186 Å². The molecular formula is C21H13Cl2N3O5. The molecule has 10 heteroatoms. The summed E-state index contributed by atoms with van der Waals surface area (Å²) >= 11 is 11.8. The number of esters is 1. The van der Waals surface area contributed by atoms with Crippen LogP contribution in [0.5, 0.6) is 5.75 Å². The fourth-order valence-electron chi connectivity index (χ4n) is 2.45. The SMILES string of the molecule is O=C(Oc1ccccc1C=NNC(=O)c1ccc(Cl)cc1Cl)c1ccc([N+](=O)[O-])cc1. The van der Waals surface area contributed by atoms with Gasteiger partial charge in [0, 0.05) is 22.7 Å². The third-order valence-corrected chi connectivity index (χ3v) is 4.53. The Hall–Kier alpha value is -3.75. The van der Waals surface area contributed by atoms with Crippen LogP contribution in [0.15, 0.2) is 71.8 Å². The molecule has 0 aliphatic rings. The van der Waals surface area contributed by atoms with Crippen molar-refractivity contribution in [3.63, 3.8) is 0 Å². The van der Waals surface area contributed by atoms with Crippen LogP contribution >= 0.6 is 23.2 Å². The van der Waals surface area contributed by atoms with E-state index in [9.17, 15) is 19.7 Å². The highest BCUT2D eigenvalue weighted by Gasteiger charge is 2.13. The van der Waals surface area contributed by atoms with Crippen LogP contribution in [0.2, 0.25) is 10.0 Å². The second kappa shape index (κ2) is 9.84. The summed E-state index contributed by atoms with van der Waals surface area (Å²) in [5.74, 6) is -1.06. The smallest absolute Gasteiger partial charge is 0.343 e. The van der Waals surface area contributed by atoms with Crippen LogP contribution in [0.1, 0.15) is 26.3 Å². The van der Waals surface area contributed by atoms with Gasteiger partial charge >= 0.3 is 5.97 Å². The first-order valence-electron chi connectivity index (χ1n) is 8.69. The minimum Gasteiger partial charge on any atom is -0.422 e. The third kappa shape index (κ3) is 5.65. The summed E-state index contributed by atoms with van der Waals surface area (Å²) in [7, 11) is 0. The van der Waals surface area contributed by atoms with Crippen molar-refractivity contribution in [3.8, 4) is 5.75 Å². The molecule has 0 unspecified atom stereocenters. The molecule has 3 rings (SSSR count). The monoisotopic (exact) mass is 457 g/mol. The number of para-hydroxylation sites is 1. The van der Waals surface area contributed by atoms with Crippen LogP contribution in [0, 0.1) is 10.1 Å². The average molecular weight is 458 g/mol. The number of carbonyl (C=O) groups is 2. The molecular weight excluding hydrogens is 445 g/mol. The molecule has 0 fully saturated rings. The fraction of sp³-hybridized carbons (Fsp3) is 0. The number of halogens is 2. The number of hydrogen-bond acceptors (Lipinski definition) is 6. The number of non-ortho nitro benzene ring substituents is 1. The molecule has 3 aromatic rings. The Morgan fingerprint density at radius 3 is 2.42 bits per heavy atom. The van der Waals surface area contributed by atoms with E-state index in [0.717, 1.165) is 0 Å². The number of carbonyl (C=O) groups excluding carboxylic acids is 2. The van der Waals surface area contributed by atoms with E-state index in [2.05, 4.69) is 10.5 Å². The number of hydrazone groups is 1. The van der Waals surface area contributed by atoms with Gasteiger partial charge in [-0.15, -0.1) is 0 Å². The summed E-state index contributed by atoms with van der Waals surface area (Å²) in [5.41, 5.74) is 2.95. The van der Waals surface area contributed by atoms with Crippen LogP contribution in [0.3, 0.4) is 0 Å². The van der Waals surface area contributed by atoms with Crippen molar-refractivity contribution in [2.45, 2.75) is 0 Å². The Kier molecular flexibility index (Phi) is 6.96. The van der Waals surface area contributed by atoms with Crippen LogP contribution in [0.25, 0.3) is 0 Å². The standard InChI is InChI=1S/C21H13Cl2N3O5/c22-15-7-10-17(18(23)11-15)20(27)25-24-12-14-3-1-2-4-19(14)31-21(28)13-5-8-16(9-6-13)26(29)30/h1-12H,(H,25,27). The fourth-order valence-corrected chi connectivity index (χ4v) is 2.95. The predicted molar refractivity (Wildman–Crippen MR) is 116 cm³/mol. The number of benzene rings is 3. The molecule has 0 aromatic heterocycles. The van der Waals surface area contributed by atoms with Gasteiger partial charge in [0.25, 0.3) is 11.6 Å². The Morgan fingerprint density at radius 2 is 1.74 bits per heavy atom. The molecule has 0 heterocycles. The van der Waals surface area contributed by atoms with Gasteiger partial charge in [-0.2, -0.15) is 5.10 Å². The van der Waals surface area contributed by atoms with Crippen molar-refractivity contribution in [1.82, 2.24) is 5.43 Å². The maximum Gasteiger partial charge on any atom is 0.343 e. The molecule has 0 saturated carbocycles. The van der Waals surface area contributed by atoms with Gasteiger partial charge < -0.3 is 4.74 Å². The molecule has 0 atom stereocenters. The van der Waals surface area contributed by atoms with Gasteiger partial charge in [0.2, 0.25) is 0 Å². The molecule has 156 valence electrons. The summed E-state index contributed by atoms with van der Waals surface area (Å²) in [6.07, 6.45) is 1.31. The van der Waals surface area contributed by atoms with Crippen molar-refractivity contribution >= 4 is 47.0 Å². The lowest BCUT2D eigenvalue weighted by molar-refractivity contribution is -0.384. The zero-order valence-electron chi connectivity index (χ0n) is 15.6. The van der Waals surface area contributed by atoms with E-state index < -0.39 is 16.8 Å². The minimum atomic E-state index is -0.701. The van der Waals surface area contributed by atoms with E-state index in [0.29, 0.717) is 10.6 Å². The average Bonchev–Trinajstić information content (AvgIpc) is 2.74. The number of nitro benzene ring substituents is 1. The van der Waals surface area contributed by atoms with E-state index in [1.807, 2.05) is 0 Å². The molecule has 0 spiro atoms. The predicted octanol–water partition coefficient (Wildman–Crippen LogP) is 4.88. The molecule has 3 aromatic carbocycles. The van der Waals surface area contributed by atoms with E-state index >= 15 is 0 Å². The molecule has 8 nitrogen and oxygen atoms in total. The molecule has 0 aliphatic heterocycles. The number of amides is 1. The number of nitro groups is 1. The Balaban J connectivity index is 1.70. The van der Waals surface area contributed by atoms with Crippen LogP contribution in [-0.2, 0) is 0 Å². The normalized spacial score (nSPS) is 10.6. The van der Waals surface area contributed by atoms with Gasteiger partial charge in [0.1, 0.15) is 5.75 Å². The maximum atomic E-state index is 12.3. The second-order valence-corrected chi connectivity index (χ2v) is 6.90. The Morgan fingerprint density at radius 1 is 1.03 bits per heavy atom. The van der Waals surface area contributed by atoms with E-state index in [1.54, 1.807) is 24.3 Å². The number of nitrogens with zero attached hydrogens (tertiary/aromatic N) is 2. The van der Waals surface area contributed by atoms with E-state index in [-0.39, 0.29) is 27.6 Å². The van der Waals surface area contributed by atoms with Crippen LogP contribution in [0.4, 0.5) is 5.69 Å². The van der Waals surface area contributed by atoms with Gasteiger partial charge in [-0.3, -0.25) is 14.9 Å². The molecule has 0 aliphatic carbocycles.